The number of carbonyl (C=O) groups excluding carboxylic acids is 1. The van der Waals surface area contributed by atoms with Crippen LogP contribution in [0, 0.1) is 17.8 Å². The van der Waals surface area contributed by atoms with Gasteiger partial charge in [-0.1, -0.05) is 108 Å². The van der Waals surface area contributed by atoms with Gasteiger partial charge in [0.1, 0.15) is 5.78 Å². The zero-order valence-electron chi connectivity index (χ0n) is 19.5. The molecule has 0 aromatic heterocycles. The molecular weight excluding hydrogens is 352 g/mol. The zero-order chi connectivity index (χ0) is 20.3. The first-order valence-corrected chi connectivity index (χ1v) is 13.5. The highest BCUT2D eigenvalue weighted by Gasteiger charge is 2.27. The van der Waals surface area contributed by atoms with Gasteiger partial charge < -0.3 is 0 Å². The summed E-state index contributed by atoms with van der Waals surface area (Å²) in [4.78, 5) is 11.7. The molecule has 1 atom stereocenters. The second-order valence-corrected chi connectivity index (χ2v) is 10.8. The molecule has 0 saturated heterocycles. The molecule has 0 aromatic carbocycles. The number of unbranched alkanes of at least 4 members (excludes halogenated alkanes) is 7. The molecule has 3 aliphatic rings. The standard InChI is InChI=1S/C28H48O/c1-2-3-4-5-6-7-8-9-10-23-11-13-24(14-12-23)15-16-25-17-18-27-22-28(29)20-19-26(27)21-25/h23-25H,2-22H2,1H3. The number of Topliss-reactive ketones (excluding diaryl/α,β-unsaturated/α-hetero) is 1. The SMILES string of the molecule is CCCCCCCCCCC1CCC(CCC2CCC3=C(CCC(=O)C3)C2)CC1. The topological polar surface area (TPSA) is 17.1 Å². The maximum Gasteiger partial charge on any atom is 0.137 e. The van der Waals surface area contributed by atoms with Crippen molar-refractivity contribution in [2.75, 3.05) is 0 Å². The van der Waals surface area contributed by atoms with E-state index < -0.39 is 0 Å². The van der Waals surface area contributed by atoms with E-state index >= 15 is 0 Å². The van der Waals surface area contributed by atoms with Crippen LogP contribution < -0.4 is 0 Å². The summed E-state index contributed by atoms with van der Waals surface area (Å²) >= 11 is 0. The first kappa shape index (κ1) is 23.1. The van der Waals surface area contributed by atoms with Crippen LogP contribution in [0.25, 0.3) is 0 Å². The molecule has 0 amide bonds. The second kappa shape index (κ2) is 13.0. The fourth-order valence-electron chi connectivity index (χ4n) is 6.35. The summed E-state index contributed by atoms with van der Waals surface area (Å²) < 4.78 is 0. The largest absolute Gasteiger partial charge is 0.299 e. The van der Waals surface area contributed by atoms with E-state index in [1.165, 1.54) is 116 Å². The summed E-state index contributed by atoms with van der Waals surface area (Å²) in [5.41, 5.74) is 3.23. The molecule has 1 nitrogen and oxygen atoms in total. The summed E-state index contributed by atoms with van der Waals surface area (Å²) in [5, 5.41) is 0. The molecule has 1 unspecified atom stereocenters. The number of ketones is 1. The fourth-order valence-corrected chi connectivity index (χ4v) is 6.35. The molecule has 3 aliphatic carbocycles. The van der Waals surface area contributed by atoms with Crippen molar-refractivity contribution >= 4 is 5.78 Å². The normalized spacial score (nSPS) is 27.9. The van der Waals surface area contributed by atoms with Crippen molar-refractivity contribution in [1.29, 1.82) is 0 Å². The number of hydrogen-bond donors (Lipinski definition) is 0. The van der Waals surface area contributed by atoms with E-state index in [0.29, 0.717) is 5.78 Å². The lowest BCUT2D eigenvalue weighted by atomic mass is 9.73. The Bertz CT molecular complexity index is 508. The van der Waals surface area contributed by atoms with Gasteiger partial charge in [-0.3, -0.25) is 4.79 Å². The maximum absolute atomic E-state index is 11.7. The molecule has 0 aromatic rings. The lowest BCUT2D eigenvalue weighted by Gasteiger charge is -2.32. The molecule has 3 rings (SSSR count). The Hall–Kier alpha value is -0.590. The van der Waals surface area contributed by atoms with Gasteiger partial charge in [-0.05, 0) is 49.9 Å². The maximum atomic E-state index is 11.7. The van der Waals surface area contributed by atoms with Crippen molar-refractivity contribution in [3.05, 3.63) is 11.1 Å². The first-order chi connectivity index (χ1) is 14.2. The minimum absolute atomic E-state index is 0.492. The fraction of sp³-hybridized carbons (Fsp3) is 0.893. The van der Waals surface area contributed by atoms with Gasteiger partial charge >= 0.3 is 0 Å². The molecule has 0 N–H and O–H groups in total. The lowest BCUT2D eigenvalue weighted by Crippen LogP contribution is -2.19. The number of allylic oxidation sites excluding steroid dienone is 2. The van der Waals surface area contributed by atoms with Gasteiger partial charge in [0.2, 0.25) is 0 Å². The first-order valence-electron chi connectivity index (χ1n) is 13.5. The van der Waals surface area contributed by atoms with Crippen molar-refractivity contribution in [1.82, 2.24) is 0 Å². The molecule has 0 heterocycles. The van der Waals surface area contributed by atoms with Crippen molar-refractivity contribution in [3.63, 3.8) is 0 Å². The van der Waals surface area contributed by atoms with Crippen LogP contribution in [0.1, 0.15) is 142 Å². The Morgan fingerprint density at radius 3 is 1.97 bits per heavy atom. The second-order valence-electron chi connectivity index (χ2n) is 10.8. The summed E-state index contributed by atoms with van der Waals surface area (Å²) in [6, 6.07) is 0. The highest BCUT2D eigenvalue weighted by molar-refractivity contribution is 5.82. The zero-order valence-corrected chi connectivity index (χ0v) is 19.5. The molecule has 0 aliphatic heterocycles. The summed E-state index contributed by atoms with van der Waals surface area (Å²) in [5.74, 6) is 3.49. The molecular formula is C28H48O. The van der Waals surface area contributed by atoms with Crippen molar-refractivity contribution in [2.45, 2.75) is 142 Å². The van der Waals surface area contributed by atoms with Crippen LogP contribution in [-0.4, -0.2) is 5.78 Å². The van der Waals surface area contributed by atoms with Crippen LogP contribution in [0.4, 0.5) is 0 Å². The van der Waals surface area contributed by atoms with Crippen LogP contribution in [0.2, 0.25) is 0 Å². The summed E-state index contributed by atoms with van der Waals surface area (Å²) in [6.45, 7) is 2.30. The van der Waals surface area contributed by atoms with E-state index in [9.17, 15) is 4.79 Å². The third-order valence-corrected chi connectivity index (χ3v) is 8.42. The minimum atomic E-state index is 0.492. The number of rotatable bonds is 12. The smallest absolute Gasteiger partial charge is 0.137 e. The molecule has 1 saturated carbocycles. The summed E-state index contributed by atoms with van der Waals surface area (Å²) in [6.07, 6.45) is 28.8. The van der Waals surface area contributed by atoms with Crippen LogP contribution in [-0.2, 0) is 4.79 Å². The van der Waals surface area contributed by atoms with Gasteiger partial charge in [0.15, 0.2) is 0 Å². The predicted molar refractivity (Wildman–Crippen MR) is 125 cm³/mol. The molecule has 1 fully saturated rings. The Morgan fingerprint density at radius 1 is 0.621 bits per heavy atom. The highest BCUT2D eigenvalue weighted by atomic mass is 16.1. The van der Waals surface area contributed by atoms with E-state index in [4.69, 9.17) is 0 Å². The number of hydrogen-bond acceptors (Lipinski definition) is 1. The van der Waals surface area contributed by atoms with E-state index in [0.717, 1.165) is 37.0 Å². The van der Waals surface area contributed by atoms with Crippen molar-refractivity contribution in [3.8, 4) is 0 Å². The monoisotopic (exact) mass is 400 g/mol. The quantitative estimate of drug-likeness (QED) is 0.236. The van der Waals surface area contributed by atoms with E-state index in [2.05, 4.69) is 6.92 Å². The third-order valence-electron chi connectivity index (χ3n) is 8.42. The van der Waals surface area contributed by atoms with Gasteiger partial charge in [0, 0.05) is 12.8 Å². The molecule has 0 bridgehead atoms. The average molecular weight is 401 g/mol. The Labute approximate surface area is 181 Å². The lowest BCUT2D eigenvalue weighted by molar-refractivity contribution is -0.118. The van der Waals surface area contributed by atoms with Gasteiger partial charge in [-0.2, -0.15) is 0 Å². The van der Waals surface area contributed by atoms with Gasteiger partial charge in [0.05, 0.1) is 0 Å². The molecule has 29 heavy (non-hydrogen) atoms. The third kappa shape index (κ3) is 8.22. The van der Waals surface area contributed by atoms with Gasteiger partial charge in [-0.15, -0.1) is 0 Å². The minimum Gasteiger partial charge on any atom is -0.299 e. The van der Waals surface area contributed by atoms with Crippen LogP contribution in [0.15, 0.2) is 11.1 Å². The van der Waals surface area contributed by atoms with E-state index in [1.807, 2.05) is 0 Å². The van der Waals surface area contributed by atoms with E-state index in [1.54, 1.807) is 11.1 Å². The molecule has 166 valence electrons. The Morgan fingerprint density at radius 2 is 1.24 bits per heavy atom. The molecule has 0 radical (unpaired) electrons. The highest BCUT2D eigenvalue weighted by Crippen LogP contribution is 2.41. The predicted octanol–water partition coefficient (Wildman–Crippen LogP) is 8.95. The molecule has 0 spiro atoms. The van der Waals surface area contributed by atoms with Crippen molar-refractivity contribution < 1.29 is 4.79 Å². The Balaban J connectivity index is 1.21. The van der Waals surface area contributed by atoms with Crippen LogP contribution in [0.5, 0.6) is 0 Å². The average Bonchev–Trinajstić information content (AvgIpc) is 2.75. The van der Waals surface area contributed by atoms with Crippen LogP contribution in [0.3, 0.4) is 0 Å². The van der Waals surface area contributed by atoms with Gasteiger partial charge in [-0.25, -0.2) is 0 Å². The summed E-state index contributed by atoms with van der Waals surface area (Å²) in [7, 11) is 0. The van der Waals surface area contributed by atoms with Crippen molar-refractivity contribution in [2.24, 2.45) is 17.8 Å². The number of carbonyl (C=O) groups is 1. The van der Waals surface area contributed by atoms with E-state index in [-0.39, 0.29) is 0 Å². The Kier molecular flexibility index (Phi) is 10.3. The van der Waals surface area contributed by atoms with Gasteiger partial charge in [0.25, 0.3) is 0 Å². The van der Waals surface area contributed by atoms with Crippen LogP contribution >= 0.6 is 0 Å². The molecule has 1 heteroatoms.